The summed E-state index contributed by atoms with van der Waals surface area (Å²) in [6.07, 6.45) is 3.62. The van der Waals surface area contributed by atoms with Gasteiger partial charge in [-0.05, 0) is 24.9 Å². The highest BCUT2D eigenvalue weighted by atomic mass is 35.5. The first-order valence-electron chi connectivity index (χ1n) is 7.54. The van der Waals surface area contributed by atoms with E-state index in [0.717, 1.165) is 4.57 Å². The Morgan fingerprint density at radius 2 is 1.79 bits per heavy atom. The van der Waals surface area contributed by atoms with E-state index in [1.54, 1.807) is 0 Å². The summed E-state index contributed by atoms with van der Waals surface area (Å²) >= 11 is 7.70. The van der Waals surface area contributed by atoms with E-state index >= 15 is 0 Å². The molecule has 1 aromatic carbocycles. The number of hydrogen-bond acceptors (Lipinski definition) is 4. The molecule has 3 heterocycles. The Morgan fingerprint density at radius 3 is 2.38 bits per heavy atom. The van der Waals surface area contributed by atoms with Gasteiger partial charge in [-0.3, -0.25) is 0 Å². The van der Waals surface area contributed by atoms with Gasteiger partial charge in [0.05, 0.1) is 29.5 Å². The minimum Gasteiger partial charge on any atom is -0.314 e. The van der Waals surface area contributed by atoms with Gasteiger partial charge in [0.25, 0.3) is 0 Å². The van der Waals surface area contributed by atoms with Crippen LogP contribution in [0.2, 0.25) is 5.02 Å². The molecule has 0 spiro atoms. The standard InChI is InChI=1S/C15H14ClFN4O2S/c1-2-20-12-9(8-24-20)13(11(17)7-10(12)16)21-14(22)18-5-3-4-6-19(18)15(21)23/h3-4,7H,2,5-6,8H2,1H3. The third-order valence-corrected chi connectivity index (χ3v) is 5.70. The summed E-state index contributed by atoms with van der Waals surface area (Å²) in [4.78, 5) is 25.3. The SMILES string of the molecule is CCN1SCc2c1c(Cl)cc(F)c2-n1c(=O)n2n(c1=O)CC=CC2. The second-order valence-electron chi connectivity index (χ2n) is 5.52. The maximum absolute atomic E-state index is 14.7. The number of anilines is 1. The van der Waals surface area contributed by atoms with Crippen molar-refractivity contribution in [2.75, 3.05) is 10.8 Å². The lowest BCUT2D eigenvalue weighted by atomic mass is 10.1. The minimum absolute atomic E-state index is 0.0160. The molecule has 0 saturated carbocycles. The van der Waals surface area contributed by atoms with Gasteiger partial charge in [0, 0.05) is 17.9 Å². The fourth-order valence-electron chi connectivity index (χ4n) is 3.17. The average Bonchev–Trinajstić information content (AvgIpc) is 3.11. The molecule has 0 N–H and O–H groups in total. The first kappa shape index (κ1) is 15.6. The van der Waals surface area contributed by atoms with Crippen LogP contribution in [-0.2, 0) is 18.8 Å². The summed E-state index contributed by atoms with van der Waals surface area (Å²) < 4.78 is 20.2. The number of rotatable bonds is 2. The molecule has 1 aromatic heterocycles. The van der Waals surface area contributed by atoms with Crippen molar-refractivity contribution in [3.8, 4) is 5.69 Å². The average molecular weight is 369 g/mol. The topological polar surface area (TPSA) is 52.2 Å². The molecule has 4 rings (SSSR count). The lowest BCUT2D eigenvalue weighted by Gasteiger charge is -2.17. The van der Waals surface area contributed by atoms with E-state index in [1.807, 2.05) is 23.4 Å². The fraction of sp³-hybridized carbons (Fsp3) is 0.333. The van der Waals surface area contributed by atoms with E-state index in [-0.39, 0.29) is 10.7 Å². The van der Waals surface area contributed by atoms with Crippen molar-refractivity contribution in [1.29, 1.82) is 0 Å². The molecule has 0 amide bonds. The zero-order valence-electron chi connectivity index (χ0n) is 12.8. The molecule has 0 unspecified atom stereocenters. The third kappa shape index (κ3) is 2.02. The number of benzene rings is 1. The van der Waals surface area contributed by atoms with Crippen LogP contribution in [0.4, 0.5) is 10.1 Å². The second-order valence-corrected chi connectivity index (χ2v) is 6.92. The van der Waals surface area contributed by atoms with Gasteiger partial charge in [-0.15, -0.1) is 0 Å². The smallest absolute Gasteiger partial charge is 0.314 e. The molecular formula is C15H14ClFN4O2S. The number of halogens is 2. The van der Waals surface area contributed by atoms with Gasteiger partial charge < -0.3 is 4.31 Å². The maximum atomic E-state index is 14.7. The van der Waals surface area contributed by atoms with Gasteiger partial charge in [-0.25, -0.2) is 27.9 Å². The molecule has 2 aliphatic heterocycles. The zero-order valence-corrected chi connectivity index (χ0v) is 14.4. The van der Waals surface area contributed by atoms with E-state index in [2.05, 4.69) is 0 Å². The van der Waals surface area contributed by atoms with Crippen LogP contribution in [0, 0.1) is 5.82 Å². The minimum atomic E-state index is -0.659. The van der Waals surface area contributed by atoms with Gasteiger partial charge in [0.2, 0.25) is 0 Å². The van der Waals surface area contributed by atoms with Crippen LogP contribution in [0.15, 0.2) is 27.8 Å². The van der Waals surface area contributed by atoms with Crippen molar-refractivity contribution < 1.29 is 4.39 Å². The Bertz CT molecular complexity index is 951. The van der Waals surface area contributed by atoms with Crippen LogP contribution in [0.25, 0.3) is 5.69 Å². The number of fused-ring (bicyclic) bond motifs is 2. The fourth-order valence-corrected chi connectivity index (χ4v) is 4.61. The van der Waals surface area contributed by atoms with Gasteiger partial charge >= 0.3 is 11.4 Å². The van der Waals surface area contributed by atoms with Crippen molar-refractivity contribution in [3.05, 3.63) is 55.6 Å². The molecule has 6 nitrogen and oxygen atoms in total. The molecule has 0 saturated heterocycles. The molecule has 0 fully saturated rings. The van der Waals surface area contributed by atoms with Crippen LogP contribution in [0.1, 0.15) is 12.5 Å². The highest BCUT2D eigenvalue weighted by molar-refractivity contribution is 8.00. The summed E-state index contributed by atoms with van der Waals surface area (Å²) in [5, 5.41) is 0.289. The summed E-state index contributed by atoms with van der Waals surface area (Å²) in [6.45, 7) is 3.25. The van der Waals surface area contributed by atoms with Crippen LogP contribution >= 0.6 is 23.5 Å². The Morgan fingerprint density at radius 1 is 1.17 bits per heavy atom. The monoisotopic (exact) mass is 368 g/mol. The zero-order chi connectivity index (χ0) is 17.0. The second kappa shape index (κ2) is 5.56. The van der Waals surface area contributed by atoms with Gasteiger partial charge in [0.1, 0.15) is 5.82 Å². The molecule has 0 radical (unpaired) electrons. The number of allylic oxidation sites excluding steroid dienone is 2. The van der Waals surface area contributed by atoms with Crippen molar-refractivity contribution >= 4 is 29.2 Å². The lowest BCUT2D eigenvalue weighted by Crippen LogP contribution is -2.29. The Labute approximate surface area is 145 Å². The van der Waals surface area contributed by atoms with E-state index in [0.29, 0.717) is 36.6 Å². The van der Waals surface area contributed by atoms with Gasteiger partial charge in [0.15, 0.2) is 0 Å². The van der Waals surface area contributed by atoms with Gasteiger partial charge in [-0.2, -0.15) is 0 Å². The van der Waals surface area contributed by atoms with Crippen LogP contribution < -0.4 is 15.7 Å². The molecule has 0 atom stereocenters. The molecule has 2 aliphatic rings. The van der Waals surface area contributed by atoms with E-state index in [9.17, 15) is 14.0 Å². The van der Waals surface area contributed by atoms with E-state index in [1.165, 1.54) is 27.4 Å². The molecule has 0 bridgehead atoms. The predicted octanol–water partition coefficient (Wildman–Crippen LogP) is 2.15. The van der Waals surface area contributed by atoms with E-state index < -0.39 is 17.2 Å². The van der Waals surface area contributed by atoms with Crippen molar-refractivity contribution in [2.45, 2.75) is 25.8 Å². The lowest BCUT2D eigenvalue weighted by molar-refractivity contribution is 0.482. The van der Waals surface area contributed by atoms with Crippen molar-refractivity contribution in [1.82, 2.24) is 13.9 Å². The Hall–Kier alpha value is -1.93. The Kier molecular flexibility index (Phi) is 3.61. The largest absolute Gasteiger partial charge is 0.352 e. The molecule has 0 aliphatic carbocycles. The van der Waals surface area contributed by atoms with E-state index in [4.69, 9.17) is 11.6 Å². The first-order chi connectivity index (χ1) is 11.5. The first-order valence-corrected chi connectivity index (χ1v) is 8.86. The predicted molar refractivity (Wildman–Crippen MR) is 92.7 cm³/mol. The van der Waals surface area contributed by atoms with Crippen LogP contribution in [-0.4, -0.2) is 20.5 Å². The molecule has 126 valence electrons. The molecule has 9 heteroatoms. The van der Waals surface area contributed by atoms with Gasteiger partial charge in [-0.1, -0.05) is 23.8 Å². The highest BCUT2D eigenvalue weighted by Gasteiger charge is 2.31. The summed E-state index contributed by atoms with van der Waals surface area (Å²) in [6, 6.07) is 1.18. The highest BCUT2D eigenvalue weighted by Crippen LogP contribution is 2.45. The van der Waals surface area contributed by atoms with Crippen molar-refractivity contribution in [2.24, 2.45) is 0 Å². The van der Waals surface area contributed by atoms with Crippen molar-refractivity contribution in [3.63, 3.8) is 0 Å². The molecular weight excluding hydrogens is 355 g/mol. The Balaban J connectivity index is 2.04. The number of aromatic nitrogens is 3. The normalized spacial score (nSPS) is 15.7. The summed E-state index contributed by atoms with van der Waals surface area (Å²) in [5.41, 5.74) is 0.212. The summed E-state index contributed by atoms with van der Waals surface area (Å²) in [5.74, 6) is -0.196. The van der Waals surface area contributed by atoms with Crippen LogP contribution in [0.5, 0.6) is 0 Å². The summed E-state index contributed by atoms with van der Waals surface area (Å²) in [7, 11) is 0. The third-order valence-electron chi connectivity index (χ3n) is 4.24. The number of hydrogen-bond donors (Lipinski definition) is 0. The molecule has 2 aromatic rings. The maximum Gasteiger partial charge on any atom is 0.352 e. The number of nitrogens with zero attached hydrogens (tertiary/aromatic N) is 4. The van der Waals surface area contributed by atoms with Crippen LogP contribution in [0.3, 0.4) is 0 Å². The molecule has 24 heavy (non-hydrogen) atoms. The quantitative estimate of drug-likeness (QED) is 0.602.